The molecule has 0 saturated heterocycles. The Kier molecular flexibility index (Phi) is 5.12. The van der Waals surface area contributed by atoms with Gasteiger partial charge in [0.15, 0.2) is 0 Å². The first-order valence-corrected chi connectivity index (χ1v) is 4.73. The Labute approximate surface area is 92.4 Å². The molecule has 0 aliphatic heterocycles. The molecular weight excluding hydrogens is 213 g/mol. The van der Waals surface area contributed by atoms with Crippen LogP contribution in [0.3, 0.4) is 0 Å². The van der Waals surface area contributed by atoms with Crippen LogP contribution in [-0.4, -0.2) is 6.68 Å². The third-order valence-corrected chi connectivity index (χ3v) is 1.88. The van der Waals surface area contributed by atoms with E-state index >= 15 is 0 Å². The lowest BCUT2D eigenvalue weighted by Crippen LogP contribution is -1.73. The lowest BCUT2D eigenvalue weighted by molar-refractivity contribution is 0.00819. The molecule has 0 radical (unpaired) electrons. The highest BCUT2D eigenvalue weighted by atomic mass is 19.4. The highest BCUT2D eigenvalue weighted by Crippen LogP contribution is 2.17. The number of hydrogen-bond acceptors (Lipinski definition) is 0. The van der Waals surface area contributed by atoms with Gasteiger partial charge >= 0.3 is 6.68 Å². The summed E-state index contributed by atoms with van der Waals surface area (Å²) in [7, 11) is 0. The fourth-order valence-corrected chi connectivity index (χ4v) is 1.26. The molecule has 0 heterocycles. The molecule has 0 fully saturated rings. The predicted molar refractivity (Wildman–Crippen MR) is 59.0 cm³/mol. The highest BCUT2D eigenvalue weighted by Gasteiger charge is 1.91. The molecule has 0 aromatic heterocycles. The summed E-state index contributed by atoms with van der Waals surface area (Å²) >= 11 is 0. The fourth-order valence-electron chi connectivity index (χ4n) is 1.26. The minimum Gasteiger partial charge on any atom is -0.174 e. The van der Waals surface area contributed by atoms with Gasteiger partial charge in [0, 0.05) is 0 Å². The molecule has 0 atom stereocenters. The highest BCUT2D eigenvalue weighted by molar-refractivity contribution is 5.62. The SMILES string of the molecule is FC(F)F.c1ccc(-c2ccccc2)cc1. The van der Waals surface area contributed by atoms with Crippen LogP contribution < -0.4 is 0 Å². The van der Waals surface area contributed by atoms with Crippen LogP contribution in [0.25, 0.3) is 11.1 Å². The second kappa shape index (κ2) is 6.67. The molecule has 2 aromatic rings. The van der Waals surface area contributed by atoms with Gasteiger partial charge in [0.1, 0.15) is 0 Å². The zero-order chi connectivity index (χ0) is 11.8. The van der Waals surface area contributed by atoms with Crippen molar-refractivity contribution in [2.24, 2.45) is 0 Å². The van der Waals surface area contributed by atoms with E-state index in [1.54, 1.807) is 0 Å². The van der Waals surface area contributed by atoms with Crippen molar-refractivity contribution in [3.63, 3.8) is 0 Å². The zero-order valence-corrected chi connectivity index (χ0v) is 8.48. The van der Waals surface area contributed by atoms with Gasteiger partial charge in [-0.15, -0.1) is 0 Å². The third kappa shape index (κ3) is 4.64. The van der Waals surface area contributed by atoms with Crippen LogP contribution in [0.2, 0.25) is 0 Å². The molecule has 0 amide bonds. The zero-order valence-electron chi connectivity index (χ0n) is 8.48. The first-order chi connectivity index (χ1) is 7.70. The Morgan fingerprint density at radius 3 is 1.06 bits per heavy atom. The Morgan fingerprint density at radius 1 is 0.562 bits per heavy atom. The maximum absolute atomic E-state index is 9.67. The van der Waals surface area contributed by atoms with Gasteiger partial charge in [-0.3, -0.25) is 0 Å². The summed E-state index contributed by atoms with van der Waals surface area (Å²) < 4.78 is 29.0. The quantitative estimate of drug-likeness (QED) is 0.667. The second-order valence-corrected chi connectivity index (χ2v) is 2.98. The average Bonchev–Trinajstić information content (AvgIpc) is 2.31. The van der Waals surface area contributed by atoms with E-state index in [1.165, 1.54) is 11.1 Å². The summed E-state index contributed by atoms with van der Waals surface area (Å²) in [6.07, 6.45) is 0. The fraction of sp³-hybridized carbons (Fsp3) is 0.0769. The summed E-state index contributed by atoms with van der Waals surface area (Å²) in [6, 6.07) is 20.8. The molecule has 84 valence electrons. The Bertz CT molecular complexity index is 344. The van der Waals surface area contributed by atoms with Crippen molar-refractivity contribution in [2.75, 3.05) is 0 Å². The van der Waals surface area contributed by atoms with Crippen LogP contribution in [0.15, 0.2) is 60.7 Å². The average molecular weight is 224 g/mol. The van der Waals surface area contributed by atoms with Gasteiger partial charge in [-0.25, -0.2) is 0 Å². The Morgan fingerprint density at radius 2 is 0.812 bits per heavy atom. The number of rotatable bonds is 1. The Hall–Kier alpha value is -1.77. The van der Waals surface area contributed by atoms with Crippen molar-refractivity contribution in [3.05, 3.63) is 60.7 Å². The van der Waals surface area contributed by atoms with Crippen molar-refractivity contribution in [1.29, 1.82) is 0 Å². The largest absolute Gasteiger partial charge is 0.379 e. The maximum atomic E-state index is 9.67. The van der Waals surface area contributed by atoms with Crippen LogP contribution in [0, 0.1) is 0 Å². The number of benzene rings is 2. The van der Waals surface area contributed by atoms with Crippen LogP contribution in [0.4, 0.5) is 13.2 Å². The first kappa shape index (κ1) is 12.3. The molecule has 0 bridgehead atoms. The summed E-state index contributed by atoms with van der Waals surface area (Å²) in [4.78, 5) is 0. The smallest absolute Gasteiger partial charge is 0.174 e. The lowest BCUT2D eigenvalue weighted by atomic mass is 10.1. The summed E-state index contributed by atoms with van der Waals surface area (Å²) in [5, 5.41) is 0. The molecule has 0 N–H and O–H groups in total. The molecule has 0 nitrogen and oxygen atoms in total. The summed E-state index contributed by atoms with van der Waals surface area (Å²) in [5.74, 6) is 0. The van der Waals surface area contributed by atoms with Crippen LogP contribution in [0.1, 0.15) is 0 Å². The van der Waals surface area contributed by atoms with Crippen molar-refractivity contribution in [1.82, 2.24) is 0 Å². The standard InChI is InChI=1S/C12H10.CHF3/c1-3-7-11(8-4-1)12-9-5-2-6-10-12;2-1(3)4/h1-10H;1H. The van der Waals surface area contributed by atoms with Gasteiger partial charge in [0.05, 0.1) is 0 Å². The second-order valence-electron chi connectivity index (χ2n) is 2.98. The van der Waals surface area contributed by atoms with Gasteiger partial charge in [-0.05, 0) is 11.1 Å². The number of halogens is 3. The first-order valence-electron chi connectivity index (χ1n) is 4.73. The van der Waals surface area contributed by atoms with Crippen molar-refractivity contribution >= 4 is 0 Å². The molecule has 0 aliphatic carbocycles. The van der Waals surface area contributed by atoms with Crippen molar-refractivity contribution in [3.8, 4) is 11.1 Å². The molecule has 16 heavy (non-hydrogen) atoms. The van der Waals surface area contributed by atoms with Gasteiger partial charge in [-0.2, -0.15) is 13.2 Å². The van der Waals surface area contributed by atoms with Gasteiger partial charge in [0.25, 0.3) is 0 Å². The van der Waals surface area contributed by atoms with E-state index in [0.29, 0.717) is 0 Å². The van der Waals surface area contributed by atoms with Crippen LogP contribution >= 0.6 is 0 Å². The van der Waals surface area contributed by atoms with E-state index in [0.717, 1.165) is 0 Å². The lowest BCUT2D eigenvalue weighted by Gasteiger charge is -1.98. The molecule has 2 aromatic carbocycles. The predicted octanol–water partition coefficient (Wildman–Crippen LogP) is 4.53. The van der Waals surface area contributed by atoms with E-state index in [-0.39, 0.29) is 0 Å². The maximum Gasteiger partial charge on any atom is 0.379 e. The van der Waals surface area contributed by atoms with Crippen LogP contribution in [0.5, 0.6) is 0 Å². The van der Waals surface area contributed by atoms with E-state index in [9.17, 15) is 13.2 Å². The van der Waals surface area contributed by atoms with Crippen molar-refractivity contribution < 1.29 is 13.2 Å². The van der Waals surface area contributed by atoms with E-state index < -0.39 is 6.68 Å². The van der Waals surface area contributed by atoms with Gasteiger partial charge in [-0.1, -0.05) is 60.7 Å². The minimum atomic E-state index is -3.67. The molecule has 0 aliphatic rings. The van der Waals surface area contributed by atoms with Crippen molar-refractivity contribution in [2.45, 2.75) is 6.68 Å². The summed E-state index contributed by atoms with van der Waals surface area (Å²) in [6.45, 7) is -3.67. The third-order valence-electron chi connectivity index (χ3n) is 1.88. The van der Waals surface area contributed by atoms with E-state index in [4.69, 9.17) is 0 Å². The number of alkyl halides is 3. The number of hydrogen-bond donors (Lipinski definition) is 0. The minimum absolute atomic E-state index is 1.28. The molecular formula is C13H11F3. The van der Waals surface area contributed by atoms with E-state index in [1.807, 2.05) is 12.1 Å². The topological polar surface area (TPSA) is 0 Å². The monoisotopic (exact) mass is 224 g/mol. The van der Waals surface area contributed by atoms with Gasteiger partial charge in [0.2, 0.25) is 0 Å². The van der Waals surface area contributed by atoms with Gasteiger partial charge < -0.3 is 0 Å². The molecule has 2 rings (SSSR count). The Balaban J connectivity index is 0.000000280. The molecule has 0 unspecified atom stereocenters. The normalized spacial score (nSPS) is 9.50. The molecule has 0 spiro atoms. The van der Waals surface area contributed by atoms with Crippen LogP contribution in [-0.2, 0) is 0 Å². The summed E-state index contributed by atoms with van der Waals surface area (Å²) in [5.41, 5.74) is 2.55. The van der Waals surface area contributed by atoms with E-state index in [2.05, 4.69) is 48.5 Å². The molecule has 3 heteroatoms. The molecule has 0 saturated carbocycles.